The number of anilines is 1. The molecule has 2 rings (SSSR count). The highest BCUT2D eigenvalue weighted by molar-refractivity contribution is 9.10. The van der Waals surface area contributed by atoms with Gasteiger partial charge in [0.25, 0.3) is 5.91 Å². The largest absolute Gasteiger partial charge is 0.484 e. The van der Waals surface area contributed by atoms with Gasteiger partial charge in [-0.25, -0.2) is 4.79 Å². The molecule has 0 aliphatic rings. The zero-order valence-corrected chi connectivity index (χ0v) is 12.3. The van der Waals surface area contributed by atoms with E-state index >= 15 is 0 Å². The second-order valence-electron chi connectivity index (χ2n) is 4.06. The van der Waals surface area contributed by atoms with Gasteiger partial charge in [-0.1, -0.05) is 15.9 Å². The third-order valence-corrected chi connectivity index (χ3v) is 2.98. The van der Waals surface area contributed by atoms with Crippen LogP contribution in [0.1, 0.15) is 10.4 Å². The first-order valence-electron chi connectivity index (χ1n) is 5.91. The normalized spacial score (nSPS) is 9.95. The first-order chi connectivity index (χ1) is 10.0. The average molecular weight is 351 g/mol. The quantitative estimate of drug-likeness (QED) is 0.864. The molecule has 0 saturated heterocycles. The Morgan fingerprint density at radius 3 is 2.62 bits per heavy atom. The molecule has 7 heteroatoms. The highest BCUT2D eigenvalue weighted by Crippen LogP contribution is 2.16. The third kappa shape index (κ3) is 4.57. The number of aromatic carboxylic acids is 1. The molecule has 0 aliphatic heterocycles. The van der Waals surface area contributed by atoms with E-state index in [4.69, 9.17) is 9.84 Å². The Kier molecular flexibility index (Phi) is 4.89. The molecule has 6 nitrogen and oxygen atoms in total. The van der Waals surface area contributed by atoms with Gasteiger partial charge in [0.2, 0.25) is 0 Å². The van der Waals surface area contributed by atoms with Crippen LogP contribution in [0.2, 0.25) is 0 Å². The number of ether oxygens (including phenoxy) is 1. The zero-order valence-electron chi connectivity index (χ0n) is 10.7. The lowest BCUT2D eigenvalue weighted by Gasteiger charge is -2.07. The van der Waals surface area contributed by atoms with Gasteiger partial charge in [-0.15, -0.1) is 0 Å². The minimum Gasteiger partial charge on any atom is -0.484 e. The maximum atomic E-state index is 11.7. The molecule has 0 spiro atoms. The summed E-state index contributed by atoms with van der Waals surface area (Å²) in [6.45, 7) is -0.182. The van der Waals surface area contributed by atoms with E-state index in [1.165, 1.54) is 18.5 Å². The molecule has 0 atom stereocenters. The lowest BCUT2D eigenvalue weighted by atomic mass is 10.2. The topological polar surface area (TPSA) is 88.5 Å². The van der Waals surface area contributed by atoms with Crippen molar-refractivity contribution in [3.63, 3.8) is 0 Å². The van der Waals surface area contributed by atoms with Gasteiger partial charge in [-0.2, -0.15) is 0 Å². The molecule has 0 unspecified atom stereocenters. The highest BCUT2D eigenvalue weighted by atomic mass is 79.9. The van der Waals surface area contributed by atoms with Crippen molar-refractivity contribution in [1.29, 1.82) is 0 Å². The van der Waals surface area contributed by atoms with Crippen LogP contribution in [0, 0.1) is 0 Å². The fraction of sp³-hybridized carbons (Fsp3) is 0.0714. The summed E-state index contributed by atoms with van der Waals surface area (Å²) >= 11 is 3.30. The zero-order chi connectivity index (χ0) is 15.2. The van der Waals surface area contributed by atoms with E-state index in [1.54, 1.807) is 24.3 Å². The minimum absolute atomic E-state index is 0.00151. The molecule has 1 amide bonds. The van der Waals surface area contributed by atoms with Gasteiger partial charge < -0.3 is 15.2 Å². The van der Waals surface area contributed by atoms with Gasteiger partial charge in [-0.3, -0.25) is 9.78 Å². The summed E-state index contributed by atoms with van der Waals surface area (Å²) < 4.78 is 6.22. The first kappa shape index (κ1) is 15.0. The number of carboxylic acids is 1. The van der Waals surface area contributed by atoms with Crippen molar-refractivity contribution in [2.75, 3.05) is 11.9 Å². The van der Waals surface area contributed by atoms with E-state index in [9.17, 15) is 9.59 Å². The van der Waals surface area contributed by atoms with E-state index < -0.39 is 11.9 Å². The van der Waals surface area contributed by atoms with Gasteiger partial charge in [0.1, 0.15) is 5.75 Å². The van der Waals surface area contributed by atoms with Gasteiger partial charge in [0, 0.05) is 10.7 Å². The lowest BCUT2D eigenvalue weighted by molar-refractivity contribution is -0.118. The van der Waals surface area contributed by atoms with Crippen molar-refractivity contribution in [3.05, 3.63) is 52.8 Å². The predicted molar refractivity (Wildman–Crippen MR) is 79.5 cm³/mol. The van der Waals surface area contributed by atoms with E-state index in [0.717, 1.165) is 4.47 Å². The molecular formula is C14H11BrN2O4. The van der Waals surface area contributed by atoms with Crippen LogP contribution < -0.4 is 10.1 Å². The minimum atomic E-state index is -1.11. The summed E-state index contributed by atoms with van der Waals surface area (Å²) in [7, 11) is 0. The number of carbonyl (C=O) groups is 2. The van der Waals surface area contributed by atoms with E-state index in [0.29, 0.717) is 11.4 Å². The number of nitrogens with one attached hydrogen (secondary N) is 1. The SMILES string of the molecule is O=C(COc1ccc(Br)cc1)Nc1cncc(C(=O)O)c1. The smallest absolute Gasteiger partial charge is 0.337 e. The number of rotatable bonds is 5. The van der Waals surface area contributed by atoms with E-state index in [-0.39, 0.29) is 12.2 Å². The maximum absolute atomic E-state index is 11.7. The monoisotopic (exact) mass is 350 g/mol. The summed E-state index contributed by atoms with van der Waals surface area (Å²) in [4.78, 5) is 26.3. The Labute approximate surface area is 128 Å². The van der Waals surface area contributed by atoms with Gasteiger partial charge >= 0.3 is 5.97 Å². The summed E-state index contributed by atoms with van der Waals surface area (Å²) in [5.41, 5.74) is 0.306. The number of halogens is 1. The molecule has 0 fully saturated rings. The molecule has 0 aliphatic carbocycles. The number of carbonyl (C=O) groups excluding carboxylic acids is 1. The summed E-state index contributed by atoms with van der Waals surface area (Å²) in [6.07, 6.45) is 2.57. The maximum Gasteiger partial charge on any atom is 0.337 e. The van der Waals surface area contributed by atoms with E-state index in [2.05, 4.69) is 26.2 Å². The molecule has 108 valence electrons. The molecule has 0 bridgehead atoms. The number of carboxylic acid groups (broad SMARTS) is 1. The second kappa shape index (κ2) is 6.85. The van der Waals surface area contributed by atoms with Gasteiger partial charge in [-0.05, 0) is 30.3 Å². The molecule has 1 aromatic carbocycles. The Morgan fingerprint density at radius 2 is 1.95 bits per heavy atom. The Morgan fingerprint density at radius 1 is 1.24 bits per heavy atom. The molecule has 0 saturated carbocycles. The van der Waals surface area contributed by atoms with Crippen molar-refractivity contribution < 1.29 is 19.4 Å². The predicted octanol–water partition coefficient (Wildman–Crippen LogP) is 2.56. The van der Waals surface area contributed by atoms with Crippen LogP contribution in [0.3, 0.4) is 0 Å². The van der Waals surface area contributed by atoms with Crippen LogP contribution in [-0.2, 0) is 4.79 Å². The number of benzene rings is 1. The van der Waals surface area contributed by atoms with Crippen molar-refractivity contribution in [1.82, 2.24) is 4.98 Å². The van der Waals surface area contributed by atoms with Crippen molar-refractivity contribution in [2.45, 2.75) is 0 Å². The van der Waals surface area contributed by atoms with Crippen LogP contribution in [0.4, 0.5) is 5.69 Å². The fourth-order valence-corrected chi connectivity index (χ4v) is 1.77. The Hall–Kier alpha value is -2.41. The van der Waals surface area contributed by atoms with Crippen LogP contribution in [0.5, 0.6) is 5.75 Å². The standard InChI is InChI=1S/C14H11BrN2O4/c15-10-1-3-12(4-2-10)21-8-13(18)17-11-5-9(14(19)20)6-16-7-11/h1-7H,8H2,(H,17,18)(H,19,20). The number of pyridine rings is 1. The van der Waals surface area contributed by atoms with Crippen LogP contribution in [-0.4, -0.2) is 28.6 Å². The fourth-order valence-electron chi connectivity index (χ4n) is 1.50. The summed E-state index contributed by atoms with van der Waals surface area (Å²) in [5, 5.41) is 11.4. The van der Waals surface area contributed by atoms with Crippen LogP contribution >= 0.6 is 15.9 Å². The Bertz CT molecular complexity index is 658. The van der Waals surface area contributed by atoms with Gasteiger partial charge in [0.15, 0.2) is 6.61 Å². The van der Waals surface area contributed by atoms with Crippen molar-refractivity contribution in [3.8, 4) is 5.75 Å². The first-order valence-corrected chi connectivity index (χ1v) is 6.70. The number of nitrogens with zero attached hydrogens (tertiary/aromatic N) is 1. The molecular weight excluding hydrogens is 340 g/mol. The van der Waals surface area contributed by atoms with Crippen LogP contribution in [0.15, 0.2) is 47.2 Å². The second-order valence-corrected chi connectivity index (χ2v) is 4.97. The molecule has 2 aromatic rings. The van der Waals surface area contributed by atoms with Crippen molar-refractivity contribution >= 4 is 33.5 Å². The number of hydrogen-bond acceptors (Lipinski definition) is 4. The van der Waals surface area contributed by atoms with Crippen molar-refractivity contribution in [2.24, 2.45) is 0 Å². The third-order valence-electron chi connectivity index (χ3n) is 2.45. The van der Waals surface area contributed by atoms with E-state index in [1.807, 2.05) is 0 Å². The number of hydrogen-bond donors (Lipinski definition) is 2. The summed E-state index contributed by atoms with van der Waals surface area (Å²) in [6, 6.07) is 8.38. The molecule has 0 radical (unpaired) electrons. The van der Waals surface area contributed by atoms with Crippen LogP contribution in [0.25, 0.3) is 0 Å². The lowest BCUT2D eigenvalue weighted by Crippen LogP contribution is -2.20. The number of amides is 1. The Balaban J connectivity index is 1.91. The number of aromatic nitrogens is 1. The summed E-state index contributed by atoms with van der Waals surface area (Å²) in [5.74, 6) is -0.947. The highest BCUT2D eigenvalue weighted by Gasteiger charge is 2.07. The molecule has 1 heterocycles. The molecule has 21 heavy (non-hydrogen) atoms. The average Bonchev–Trinajstić information content (AvgIpc) is 2.47. The van der Waals surface area contributed by atoms with Gasteiger partial charge in [0.05, 0.1) is 17.4 Å². The molecule has 2 N–H and O–H groups in total. The molecule has 1 aromatic heterocycles.